The Morgan fingerprint density at radius 3 is 2.19 bits per heavy atom. The third-order valence-corrected chi connectivity index (χ3v) is 4.21. The van der Waals surface area contributed by atoms with Crippen LogP contribution in [0, 0.1) is 11.7 Å². The van der Waals surface area contributed by atoms with E-state index >= 15 is 0 Å². The Hall–Kier alpha value is -1.95. The SMILES string of the molecule is CC(C)CN(CC(O)c1ccc(F)cc1)C(=O)CC(N)c1ccccc1.Cl. The maximum atomic E-state index is 13.1. The molecule has 2 aromatic rings. The van der Waals surface area contributed by atoms with Gasteiger partial charge in [-0.3, -0.25) is 4.79 Å². The highest BCUT2D eigenvalue weighted by Gasteiger charge is 2.22. The van der Waals surface area contributed by atoms with Gasteiger partial charge < -0.3 is 15.7 Å². The van der Waals surface area contributed by atoms with Crippen LogP contribution in [0.15, 0.2) is 54.6 Å². The number of amides is 1. The molecular weight excluding hydrogens is 367 g/mol. The molecule has 3 N–H and O–H groups in total. The zero-order chi connectivity index (χ0) is 19.1. The van der Waals surface area contributed by atoms with E-state index in [2.05, 4.69) is 0 Å². The van der Waals surface area contributed by atoms with E-state index in [1.165, 1.54) is 24.3 Å². The molecule has 2 aromatic carbocycles. The van der Waals surface area contributed by atoms with Crippen molar-refractivity contribution in [1.82, 2.24) is 4.90 Å². The number of carbonyl (C=O) groups excluding carboxylic acids is 1. The molecule has 0 radical (unpaired) electrons. The Kier molecular flexibility index (Phi) is 9.43. The van der Waals surface area contributed by atoms with Crippen LogP contribution in [-0.2, 0) is 4.79 Å². The van der Waals surface area contributed by atoms with Crippen molar-refractivity contribution >= 4 is 18.3 Å². The molecule has 0 aliphatic heterocycles. The zero-order valence-corrected chi connectivity index (χ0v) is 16.5. The van der Waals surface area contributed by atoms with E-state index in [1.807, 2.05) is 44.2 Å². The lowest BCUT2D eigenvalue weighted by molar-refractivity contribution is -0.133. The molecule has 0 heterocycles. The van der Waals surface area contributed by atoms with Crippen molar-refractivity contribution in [3.8, 4) is 0 Å². The molecule has 4 nitrogen and oxygen atoms in total. The van der Waals surface area contributed by atoms with Gasteiger partial charge in [0.15, 0.2) is 0 Å². The molecule has 27 heavy (non-hydrogen) atoms. The average molecular weight is 395 g/mol. The minimum atomic E-state index is -0.869. The number of benzene rings is 2. The maximum Gasteiger partial charge on any atom is 0.224 e. The highest BCUT2D eigenvalue weighted by Crippen LogP contribution is 2.19. The molecular formula is C21H28ClFN2O2. The van der Waals surface area contributed by atoms with Crippen molar-refractivity contribution in [3.63, 3.8) is 0 Å². The predicted octanol–water partition coefficient (Wildman–Crippen LogP) is 3.86. The number of hydrogen-bond donors (Lipinski definition) is 2. The van der Waals surface area contributed by atoms with Gasteiger partial charge in [0.05, 0.1) is 12.6 Å². The van der Waals surface area contributed by atoms with Gasteiger partial charge in [-0.2, -0.15) is 0 Å². The minimum absolute atomic E-state index is 0. The van der Waals surface area contributed by atoms with Crippen LogP contribution in [0.3, 0.4) is 0 Å². The summed E-state index contributed by atoms with van der Waals surface area (Å²) in [5.74, 6) is -0.201. The van der Waals surface area contributed by atoms with Crippen LogP contribution in [0.4, 0.5) is 4.39 Å². The Morgan fingerprint density at radius 1 is 1.04 bits per heavy atom. The first-order valence-electron chi connectivity index (χ1n) is 8.88. The quantitative estimate of drug-likeness (QED) is 0.714. The summed E-state index contributed by atoms with van der Waals surface area (Å²) >= 11 is 0. The predicted molar refractivity (Wildman–Crippen MR) is 108 cm³/mol. The van der Waals surface area contributed by atoms with Gasteiger partial charge >= 0.3 is 0 Å². The Labute approximate surface area is 166 Å². The first-order chi connectivity index (χ1) is 12.4. The first kappa shape index (κ1) is 23.1. The van der Waals surface area contributed by atoms with Gasteiger partial charge in [0.1, 0.15) is 5.82 Å². The fourth-order valence-electron chi connectivity index (χ4n) is 2.85. The molecule has 0 saturated heterocycles. The van der Waals surface area contributed by atoms with Gasteiger partial charge in [-0.05, 0) is 29.2 Å². The molecule has 2 unspecified atom stereocenters. The molecule has 2 rings (SSSR count). The number of nitrogens with two attached hydrogens (primary N) is 1. The normalized spacial score (nSPS) is 13.0. The molecule has 1 amide bonds. The third kappa shape index (κ3) is 7.29. The smallest absolute Gasteiger partial charge is 0.224 e. The summed E-state index contributed by atoms with van der Waals surface area (Å²) in [5.41, 5.74) is 7.66. The standard InChI is InChI=1S/C21H27FN2O2.ClH/c1-15(2)13-24(14-20(25)17-8-10-18(22)11-9-17)21(26)12-19(23)16-6-4-3-5-7-16;/h3-11,15,19-20,25H,12-14,23H2,1-2H3;1H. The summed E-state index contributed by atoms with van der Waals surface area (Å²) in [4.78, 5) is 14.4. The fourth-order valence-corrected chi connectivity index (χ4v) is 2.85. The second-order valence-corrected chi connectivity index (χ2v) is 6.98. The molecule has 0 aromatic heterocycles. The fraction of sp³-hybridized carbons (Fsp3) is 0.381. The lowest BCUT2D eigenvalue weighted by Gasteiger charge is -2.28. The van der Waals surface area contributed by atoms with E-state index in [1.54, 1.807) is 4.90 Å². The number of nitrogens with zero attached hydrogens (tertiary/aromatic N) is 1. The van der Waals surface area contributed by atoms with Crippen molar-refractivity contribution in [2.24, 2.45) is 11.7 Å². The summed E-state index contributed by atoms with van der Waals surface area (Å²) in [6.45, 7) is 4.71. The van der Waals surface area contributed by atoms with Crippen LogP contribution < -0.4 is 5.73 Å². The zero-order valence-electron chi connectivity index (χ0n) is 15.7. The van der Waals surface area contributed by atoms with Crippen molar-refractivity contribution in [3.05, 3.63) is 71.5 Å². The number of aliphatic hydroxyl groups excluding tert-OH is 1. The van der Waals surface area contributed by atoms with Crippen molar-refractivity contribution < 1.29 is 14.3 Å². The van der Waals surface area contributed by atoms with Gasteiger partial charge in [-0.15, -0.1) is 12.4 Å². The molecule has 148 valence electrons. The molecule has 0 aliphatic rings. The number of rotatable bonds is 8. The summed E-state index contributed by atoms with van der Waals surface area (Å²) in [7, 11) is 0. The number of halogens is 2. The van der Waals surface area contributed by atoms with Gasteiger partial charge in [0.2, 0.25) is 5.91 Å². The minimum Gasteiger partial charge on any atom is -0.387 e. The van der Waals surface area contributed by atoms with Crippen LogP contribution in [0.5, 0.6) is 0 Å². The van der Waals surface area contributed by atoms with E-state index < -0.39 is 6.10 Å². The molecule has 0 spiro atoms. The van der Waals surface area contributed by atoms with Gasteiger partial charge in [0, 0.05) is 19.0 Å². The van der Waals surface area contributed by atoms with Gasteiger partial charge in [-0.25, -0.2) is 4.39 Å². The molecule has 0 aliphatic carbocycles. The average Bonchev–Trinajstić information content (AvgIpc) is 2.62. The lowest BCUT2D eigenvalue weighted by atomic mass is 10.0. The molecule has 0 bridgehead atoms. The highest BCUT2D eigenvalue weighted by atomic mass is 35.5. The number of carbonyl (C=O) groups is 1. The number of aliphatic hydroxyl groups is 1. The first-order valence-corrected chi connectivity index (χ1v) is 8.88. The maximum absolute atomic E-state index is 13.1. The second kappa shape index (κ2) is 11.0. The van der Waals surface area contributed by atoms with E-state index in [0.717, 1.165) is 5.56 Å². The highest BCUT2D eigenvalue weighted by molar-refractivity contribution is 5.85. The molecule has 0 fully saturated rings. The monoisotopic (exact) mass is 394 g/mol. The Balaban J connectivity index is 0.00000364. The van der Waals surface area contributed by atoms with Gasteiger partial charge in [0.25, 0.3) is 0 Å². The number of hydrogen-bond acceptors (Lipinski definition) is 3. The van der Waals surface area contributed by atoms with E-state index in [0.29, 0.717) is 12.1 Å². The third-order valence-electron chi connectivity index (χ3n) is 4.21. The summed E-state index contributed by atoms with van der Waals surface area (Å²) < 4.78 is 13.1. The summed E-state index contributed by atoms with van der Waals surface area (Å²) in [5, 5.41) is 10.4. The van der Waals surface area contributed by atoms with Crippen molar-refractivity contribution in [1.29, 1.82) is 0 Å². The molecule has 2 atom stereocenters. The second-order valence-electron chi connectivity index (χ2n) is 6.98. The van der Waals surface area contributed by atoms with Gasteiger partial charge in [-0.1, -0.05) is 56.3 Å². The molecule has 6 heteroatoms. The summed E-state index contributed by atoms with van der Waals surface area (Å²) in [6, 6.07) is 14.8. The van der Waals surface area contributed by atoms with E-state index in [-0.39, 0.29) is 49.1 Å². The van der Waals surface area contributed by atoms with Crippen LogP contribution in [-0.4, -0.2) is 29.0 Å². The Bertz CT molecular complexity index is 695. The van der Waals surface area contributed by atoms with Crippen molar-refractivity contribution in [2.75, 3.05) is 13.1 Å². The topological polar surface area (TPSA) is 66.6 Å². The Morgan fingerprint density at radius 2 is 1.63 bits per heavy atom. The van der Waals surface area contributed by atoms with Crippen LogP contribution in [0.2, 0.25) is 0 Å². The van der Waals surface area contributed by atoms with Crippen LogP contribution in [0.1, 0.15) is 43.5 Å². The van der Waals surface area contributed by atoms with E-state index in [4.69, 9.17) is 5.73 Å². The van der Waals surface area contributed by atoms with Crippen LogP contribution >= 0.6 is 12.4 Å². The lowest BCUT2D eigenvalue weighted by Crippen LogP contribution is -2.38. The van der Waals surface area contributed by atoms with E-state index in [9.17, 15) is 14.3 Å². The van der Waals surface area contributed by atoms with Crippen molar-refractivity contribution in [2.45, 2.75) is 32.4 Å². The van der Waals surface area contributed by atoms with Crippen LogP contribution in [0.25, 0.3) is 0 Å². The largest absolute Gasteiger partial charge is 0.387 e. The summed E-state index contributed by atoms with van der Waals surface area (Å²) in [6.07, 6.45) is -0.696. The molecule has 0 saturated carbocycles.